The van der Waals surface area contributed by atoms with Gasteiger partial charge in [0.15, 0.2) is 11.5 Å². The summed E-state index contributed by atoms with van der Waals surface area (Å²) in [5.41, 5.74) is 2.58. The summed E-state index contributed by atoms with van der Waals surface area (Å²) in [5, 5.41) is 6.99. The lowest BCUT2D eigenvalue weighted by atomic mass is 9.53. The Morgan fingerprint density at radius 2 is 1.47 bits per heavy atom. The van der Waals surface area contributed by atoms with E-state index in [9.17, 15) is 4.79 Å². The van der Waals surface area contributed by atoms with E-state index in [1.54, 1.807) is 32.4 Å². The number of rotatable bonds is 6. The molecule has 0 unspecified atom stereocenters. The molecular weight excluding hydrogens is 376 g/mol. The number of nitrogens with one attached hydrogen (secondary N) is 2. The highest BCUT2D eigenvalue weighted by Gasteiger charge is 2.51. The molecule has 4 fully saturated rings. The summed E-state index contributed by atoms with van der Waals surface area (Å²) in [5.74, 6) is 3.62. The van der Waals surface area contributed by atoms with Crippen LogP contribution in [0.1, 0.15) is 48.9 Å². The monoisotopic (exact) mass is 406 g/mol. The zero-order chi connectivity index (χ0) is 20.7. The number of methoxy groups -OCH3 is 2. The molecule has 0 atom stereocenters. The summed E-state index contributed by atoms with van der Waals surface area (Å²) >= 11 is 0. The molecule has 6 rings (SSSR count). The Kier molecular flexibility index (Phi) is 4.84. The van der Waals surface area contributed by atoms with Crippen LogP contribution >= 0.6 is 0 Å². The van der Waals surface area contributed by atoms with Crippen molar-refractivity contribution in [3.63, 3.8) is 0 Å². The number of para-hydroxylation sites is 2. The molecule has 0 aromatic heterocycles. The van der Waals surface area contributed by atoms with Crippen molar-refractivity contribution in [2.75, 3.05) is 24.9 Å². The molecular formula is C25H30N2O3. The number of carbonyl (C=O) groups is 1. The molecule has 2 aromatic carbocycles. The Bertz CT molecular complexity index is 920. The Balaban J connectivity index is 1.36. The van der Waals surface area contributed by atoms with Gasteiger partial charge >= 0.3 is 0 Å². The van der Waals surface area contributed by atoms with Gasteiger partial charge in [0.2, 0.25) is 0 Å². The van der Waals surface area contributed by atoms with Crippen LogP contribution in [-0.2, 0) is 0 Å². The van der Waals surface area contributed by atoms with E-state index in [0.717, 1.165) is 29.1 Å². The van der Waals surface area contributed by atoms with Crippen LogP contribution in [0.2, 0.25) is 0 Å². The van der Waals surface area contributed by atoms with Gasteiger partial charge in [0.25, 0.3) is 5.91 Å². The quantitative estimate of drug-likeness (QED) is 0.680. The average Bonchev–Trinajstić information content (AvgIpc) is 2.73. The summed E-state index contributed by atoms with van der Waals surface area (Å²) in [6.45, 7) is 0. The van der Waals surface area contributed by atoms with E-state index < -0.39 is 0 Å². The molecule has 30 heavy (non-hydrogen) atoms. The van der Waals surface area contributed by atoms with Crippen LogP contribution < -0.4 is 20.1 Å². The first-order valence-electron chi connectivity index (χ1n) is 11.0. The zero-order valence-corrected chi connectivity index (χ0v) is 17.7. The van der Waals surface area contributed by atoms with E-state index in [-0.39, 0.29) is 11.4 Å². The van der Waals surface area contributed by atoms with Crippen molar-refractivity contribution in [2.24, 2.45) is 17.8 Å². The molecule has 0 heterocycles. The smallest absolute Gasteiger partial charge is 0.255 e. The molecule has 4 aliphatic rings. The molecule has 158 valence electrons. The summed E-state index contributed by atoms with van der Waals surface area (Å²) in [7, 11) is 3.16. The minimum atomic E-state index is -0.157. The fraction of sp³-hybridized carbons (Fsp3) is 0.480. The Hall–Kier alpha value is -2.69. The second kappa shape index (κ2) is 7.53. The minimum absolute atomic E-state index is 0.157. The van der Waals surface area contributed by atoms with Gasteiger partial charge in [-0.1, -0.05) is 12.1 Å². The standard InChI is InChI=1S/C25H30N2O3/c1-29-22-8-7-19(12-23(22)30-2)24(28)26-20-5-3-4-6-21(20)27-25-13-16-9-17(14-25)11-18(10-16)15-25/h3-8,12,16-18,27H,9-11,13-15H2,1-2H3,(H,26,28). The van der Waals surface area contributed by atoms with Gasteiger partial charge in [-0.3, -0.25) is 4.79 Å². The number of anilines is 2. The van der Waals surface area contributed by atoms with E-state index in [0.29, 0.717) is 17.1 Å². The van der Waals surface area contributed by atoms with Gasteiger partial charge in [-0.25, -0.2) is 0 Å². The van der Waals surface area contributed by atoms with Crippen molar-refractivity contribution in [1.29, 1.82) is 0 Å². The van der Waals surface area contributed by atoms with Gasteiger partial charge in [-0.15, -0.1) is 0 Å². The molecule has 4 bridgehead atoms. The van der Waals surface area contributed by atoms with Gasteiger partial charge in [-0.05, 0) is 86.6 Å². The summed E-state index contributed by atoms with van der Waals surface area (Å²) in [6.07, 6.45) is 8.03. The molecule has 5 nitrogen and oxygen atoms in total. The maximum Gasteiger partial charge on any atom is 0.255 e. The number of hydrogen-bond acceptors (Lipinski definition) is 4. The average molecular weight is 407 g/mol. The highest BCUT2D eigenvalue weighted by atomic mass is 16.5. The van der Waals surface area contributed by atoms with Gasteiger partial charge in [0, 0.05) is 11.1 Å². The Labute approximate surface area is 178 Å². The Morgan fingerprint density at radius 3 is 2.07 bits per heavy atom. The van der Waals surface area contributed by atoms with E-state index in [1.165, 1.54) is 38.5 Å². The maximum atomic E-state index is 13.0. The lowest BCUT2D eigenvalue weighted by Crippen LogP contribution is -2.54. The maximum absolute atomic E-state index is 13.0. The predicted molar refractivity (Wildman–Crippen MR) is 118 cm³/mol. The summed E-state index contributed by atoms with van der Waals surface area (Å²) in [4.78, 5) is 13.0. The molecule has 0 saturated heterocycles. The third-order valence-electron chi connectivity index (χ3n) is 7.26. The summed E-state index contributed by atoms with van der Waals surface area (Å²) in [6, 6.07) is 13.3. The third kappa shape index (κ3) is 3.51. The number of ether oxygens (including phenoxy) is 2. The minimum Gasteiger partial charge on any atom is -0.493 e. The van der Waals surface area contributed by atoms with Crippen LogP contribution in [0.3, 0.4) is 0 Å². The zero-order valence-electron chi connectivity index (χ0n) is 17.7. The van der Waals surface area contributed by atoms with Gasteiger partial charge in [0.05, 0.1) is 25.6 Å². The highest BCUT2D eigenvalue weighted by Crippen LogP contribution is 2.56. The van der Waals surface area contributed by atoms with Gasteiger partial charge in [0.1, 0.15) is 0 Å². The van der Waals surface area contributed by atoms with Crippen molar-refractivity contribution in [2.45, 2.75) is 44.1 Å². The molecule has 4 saturated carbocycles. The third-order valence-corrected chi connectivity index (χ3v) is 7.26. The number of amides is 1. The molecule has 1 amide bonds. The second-order valence-corrected chi connectivity index (χ2v) is 9.39. The number of carbonyl (C=O) groups excluding carboxylic acids is 1. The van der Waals surface area contributed by atoms with Crippen LogP contribution in [0.4, 0.5) is 11.4 Å². The fourth-order valence-corrected chi connectivity index (χ4v) is 6.42. The largest absolute Gasteiger partial charge is 0.493 e. The van der Waals surface area contributed by atoms with Crippen molar-refractivity contribution in [1.82, 2.24) is 0 Å². The normalized spacial score (nSPS) is 28.8. The topological polar surface area (TPSA) is 59.6 Å². The molecule has 5 heteroatoms. The van der Waals surface area contributed by atoms with Crippen LogP contribution in [0.15, 0.2) is 42.5 Å². The van der Waals surface area contributed by atoms with Crippen molar-refractivity contribution < 1.29 is 14.3 Å². The summed E-state index contributed by atoms with van der Waals surface area (Å²) < 4.78 is 10.6. The molecule has 2 N–H and O–H groups in total. The SMILES string of the molecule is COc1ccc(C(=O)Nc2ccccc2NC23CC4CC(CC(C4)C2)C3)cc1OC. The van der Waals surface area contributed by atoms with Crippen molar-refractivity contribution in [3.05, 3.63) is 48.0 Å². The van der Waals surface area contributed by atoms with Gasteiger partial charge in [-0.2, -0.15) is 0 Å². The van der Waals surface area contributed by atoms with Crippen molar-refractivity contribution >= 4 is 17.3 Å². The molecule has 0 spiro atoms. The van der Waals surface area contributed by atoms with Crippen LogP contribution in [-0.4, -0.2) is 25.7 Å². The molecule has 0 radical (unpaired) electrons. The van der Waals surface area contributed by atoms with Crippen molar-refractivity contribution in [3.8, 4) is 11.5 Å². The van der Waals surface area contributed by atoms with E-state index in [2.05, 4.69) is 16.7 Å². The van der Waals surface area contributed by atoms with Crippen LogP contribution in [0.25, 0.3) is 0 Å². The highest BCUT2D eigenvalue weighted by molar-refractivity contribution is 6.06. The molecule has 2 aromatic rings. The fourth-order valence-electron chi connectivity index (χ4n) is 6.42. The van der Waals surface area contributed by atoms with Crippen LogP contribution in [0.5, 0.6) is 11.5 Å². The number of benzene rings is 2. The Morgan fingerprint density at radius 1 is 0.867 bits per heavy atom. The number of hydrogen-bond donors (Lipinski definition) is 2. The lowest BCUT2D eigenvalue weighted by molar-refractivity contribution is 0.0107. The van der Waals surface area contributed by atoms with Crippen LogP contribution in [0, 0.1) is 17.8 Å². The van der Waals surface area contributed by atoms with E-state index >= 15 is 0 Å². The van der Waals surface area contributed by atoms with Gasteiger partial charge < -0.3 is 20.1 Å². The van der Waals surface area contributed by atoms with E-state index in [4.69, 9.17) is 9.47 Å². The first-order valence-corrected chi connectivity index (χ1v) is 11.0. The molecule has 0 aliphatic heterocycles. The van der Waals surface area contributed by atoms with E-state index in [1.807, 2.05) is 18.2 Å². The molecule has 4 aliphatic carbocycles. The first-order chi connectivity index (χ1) is 14.6. The second-order valence-electron chi connectivity index (χ2n) is 9.39. The first kappa shape index (κ1) is 19.3. The lowest BCUT2D eigenvalue weighted by Gasteiger charge is -2.57. The predicted octanol–water partition coefficient (Wildman–Crippen LogP) is 5.34.